The third kappa shape index (κ3) is 4.80. The Morgan fingerprint density at radius 2 is 2.16 bits per heavy atom. The van der Waals surface area contributed by atoms with E-state index in [1.165, 1.54) is 6.26 Å². The van der Waals surface area contributed by atoms with Gasteiger partial charge in [0.05, 0.1) is 10.9 Å². The first kappa shape index (κ1) is 18.8. The van der Waals surface area contributed by atoms with Crippen LogP contribution in [-0.2, 0) is 23.4 Å². The lowest BCUT2D eigenvalue weighted by molar-refractivity contribution is 0.216. The summed E-state index contributed by atoms with van der Waals surface area (Å²) in [5.74, 6) is 0. The summed E-state index contributed by atoms with van der Waals surface area (Å²) in [6.07, 6.45) is 6.21. The van der Waals surface area contributed by atoms with E-state index in [2.05, 4.69) is 15.3 Å². The minimum absolute atomic E-state index is 0.142. The summed E-state index contributed by atoms with van der Waals surface area (Å²) in [5.41, 5.74) is 1.08. The predicted octanol–water partition coefficient (Wildman–Crippen LogP) is 1.28. The summed E-state index contributed by atoms with van der Waals surface area (Å²) in [4.78, 5) is 2.17. The second-order valence-corrected chi connectivity index (χ2v) is 9.91. The van der Waals surface area contributed by atoms with Gasteiger partial charge in [0.1, 0.15) is 16.0 Å². The number of rotatable bonds is 6. The van der Waals surface area contributed by atoms with Gasteiger partial charge in [-0.05, 0) is 31.7 Å². The number of hydrogen-bond acceptors (Lipinski definition) is 5. The first-order valence-electron chi connectivity index (χ1n) is 9.10. The smallest absolute Gasteiger partial charge is 0.150 e. The topological polar surface area (TPSA) is 67.2 Å². The van der Waals surface area contributed by atoms with E-state index in [1.807, 2.05) is 17.8 Å². The van der Waals surface area contributed by atoms with Gasteiger partial charge in [0, 0.05) is 51.2 Å². The molecule has 6 nitrogen and oxygen atoms in total. The van der Waals surface area contributed by atoms with Crippen LogP contribution < -0.4 is 5.32 Å². The van der Waals surface area contributed by atoms with Gasteiger partial charge in [-0.1, -0.05) is 6.42 Å². The molecule has 1 aromatic rings. The Morgan fingerprint density at radius 1 is 1.36 bits per heavy atom. The molecule has 0 radical (unpaired) electrons. The molecule has 4 atom stereocenters. The maximum absolute atomic E-state index is 14.0. The van der Waals surface area contributed by atoms with E-state index in [0.717, 1.165) is 25.0 Å². The molecule has 1 saturated heterocycles. The molecule has 1 saturated carbocycles. The van der Waals surface area contributed by atoms with Gasteiger partial charge >= 0.3 is 0 Å². The number of halogens is 1. The van der Waals surface area contributed by atoms with Gasteiger partial charge in [-0.2, -0.15) is 5.10 Å². The molecule has 0 bridgehead atoms. The molecule has 2 aliphatic rings. The van der Waals surface area contributed by atoms with E-state index in [4.69, 9.17) is 0 Å². The van der Waals surface area contributed by atoms with Gasteiger partial charge in [-0.3, -0.25) is 9.58 Å². The van der Waals surface area contributed by atoms with Crippen molar-refractivity contribution in [2.45, 2.75) is 62.2 Å². The minimum atomic E-state index is -2.97. The van der Waals surface area contributed by atoms with Crippen molar-refractivity contribution in [2.24, 2.45) is 7.05 Å². The fourth-order valence-corrected chi connectivity index (χ4v) is 5.29. The van der Waals surface area contributed by atoms with Gasteiger partial charge in [-0.15, -0.1) is 0 Å². The van der Waals surface area contributed by atoms with Crippen LogP contribution in [0.1, 0.15) is 37.8 Å². The van der Waals surface area contributed by atoms with Crippen molar-refractivity contribution in [3.8, 4) is 0 Å². The fraction of sp³-hybridized carbons (Fsp3) is 0.824. The molecule has 3 rings (SSSR count). The molecule has 142 valence electrons. The van der Waals surface area contributed by atoms with E-state index < -0.39 is 16.0 Å². The predicted molar refractivity (Wildman–Crippen MR) is 95.8 cm³/mol. The van der Waals surface area contributed by atoms with Crippen molar-refractivity contribution in [1.82, 2.24) is 20.0 Å². The molecule has 2 heterocycles. The summed E-state index contributed by atoms with van der Waals surface area (Å²) in [5, 5.41) is 7.46. The Hall–Kier alpha value is -0.990. The number of likely N-dealkylation sites (tertiary alicyclic amines) is 1. The molecule has 1 aromatic heterocycles. The Bertz CT molecular complexity index is 678. The maximum atomic E-state index is 14.0. The second-order valence-electron chi connectivity index (χ2n) is 7.59. The molecular formula is C17H29FN4O2S. The Morgan fingerprint density at radius 3 is 2.84 bits per heavy atom. The van der Waals surface area contributed by atoms with Crippen LogP contribution >= 0.6 is 0 Å². The largest absolute Gasteiger partial charge is 0.312 e. The SMILES string of the molecule is Cn1nccc1CN1C[C@@H](F)C[C@H]1CN[C@@H]1CCC[C@H](S(C)(=O)=O)C1. The number of nitrogens with one attached hydrogen (secondary N) is 1. The standard InChI is InChI=1S/C17H29FN4O2S/c1-21-15(6-7-20-21)12-22-11-13(18)8-16(22)10-19-14-4-3-5-17(9-14)25(2,23)24/h6-7,13-14,16-17,19H,3-5,8-12H2,1-2H3/t13-,14+,16-,17-/m0/s1. The number of sulfone groups is 1. The van der Waals surface area contributed by atoms with Crippen LogP contribution in [0.25, 0.3) is 0 Å². The summed E-state index contributed by atoms with van der Waals surface area (Å²) in [6, 6.07) is 2.32. The van der Waals surface area contributed by atoms with Crippen LogP contribution in [0.3, 0.4) is 0 Å². The first-order valence-corrected chi connectivity index (χ1v) is 11.1. The van der Waals surface area contributed by atoms with Crippen molar-refractivity contribution < 1.29 is 12.8 Å². The fourth-order valence-electron chi connectivity index (χ4n) is 4.11. The van der Waals surface area contributed by atoms with Crippen LogP contribution in [0.2, 0.25) is 0 Å². The summed E-state index contributed by atoms with van der Waals surface area (Å²) in [7, 11) is -1.07. The van der Waals surface area contributed by atoms with Gasteiger partial charge in [-0.25, -0.2) is 12.8 Å². The van der Waals surface area contributed by atoms with Crippen LogP contribution in [-0.4, -0.2) is 65.9 Å². The van der Waals surface area contributed by atoms with Crippen molar-refractivity contribution in [1.29, 1.82) is 0 Å². The molecular weight excluding hydrogens is 343 g/mol. The number of aromatic nitrogens is 2. The summed E-state index contributed by atoms with van der Waals surface area (Å²) in [6.45, 7) is 1.85. The molecule has 1 aliphatic heterocycles. The van der Waals surface area contributed by atoms with E-state index in [9.17, 15) is 12.8 Å². The van der Waals surface area contributed by atoms with Gasteiger partial charge in [0.2, 0.25) is 0 Å². The van der Waals surface area contributed by atoms with Crippen molar-refractivity contribution >= 4 is 9.84 Å². The van der Waals surface area contributed by atoms with E-state index in [1.54, 1.807) is 6.20 Å². The monoisotopic (exact) mass is 372 g/mol. The lowest BCUT2D eigenvalue weighted by atomic mass is 9.94. The molecule has 1 N–H and O–H groups in total. The van der Waals surface area contributed by atoms with Crippen LogP contribution in [0, 0.1) is 0 Å². The zero-order valence-electron chi connectivity index (χ0n) is 15.1. The second kappa shape index (κ2) is 7.72. The Labute approximate surface area is 149 Å². The first-order chi connectivity index (χ1) is 11.8. The highest BCUT2D eigenvalue weighted by atomic mass is 32.2. The van der Waals surface area contributed by atoms with E-state index in [-0.39, 0.29) is 17.3 Å². The molecule has 2 fully saturated rings. The van der Waals surface area contributed by atoms with Crippen LogP contribution in [0.15, 0.2) is 12.3 Å². The van der Waals surface area contributed by atoms with Crippen LogP contribution in [0.4, 0.5) is 4.39 Å². The average Bonchev–Trinajstić information content (AvgIpc) is 3.11. The third-order valence-corrected chi connectivity index (χ3v) is 7.28. The van der Waals surface area contributed by atoms with Gasteiger partial charge in [0.15, 0.2) is 0 Å². The lowest BCUT2D eigenvalue weighted by Gasteiger charge is -2.31. The molecule has 0 aromatic carbocycles. The average molecular weight is 373 g/mol. The maximum Gasteiger partial charge on any atom is 0.150 e. The molecule has 25 heavy (non-hydrogen) atoms. The lowest BCUT2D eigenvalue weighted by Crippen LogP contribution is -2.45. The number of alkyl halides is 1. The normalized spacial score (nSPS) is 31.5. The van der Waals surface area contributed by atoms with Gasteiger partial charge < -0.3 is 5.32 Å². The van der Waals surface area contributed by atoms with Crippen LogP contribution in [0.5, 0.6) is 0 Å². The van der Waals surface area contributed by atoms with Crippen molar-refractivity contribution in [3.05, 3.63) is 18.0 Å². The third-order valence-electron chi connectivity index (χ3n) is 5.64. The number of nitrogens with zero attached hydrogens (tertiary/aromatic N) is 3. The molecule has 0 amide bonds. The summed E-state index contributed by atoms with van der Waals surface area (Å²) >= 11 is 0. The molecule has 8 heteroatoms. The highest BCUT2D eigenvalue weighted by Gasteiger charge is 2.34. The van der Waals surface area contributed by atoms with E-state index >= 15 is 0 Å². The summed E-state index contributed by atoms with van der Waals surface area (Å²) < 4.78 is 39.4. The minimum Gasteiger partial charge on any atom is -0.312 e. The molecule has 0 spiro atoms. The number of hydrogen-bond donors (Lipinski definition) is 1. The quantitative estimate of drug-likeness (QED) is 0.815. The zero-order chi connectivity index (χ0) is 18.0. The highest BCUT2D eigenvalue weighted by Crippen LogP contribution is 2.26. The van der Waals surface area contributed by atoms with Crippen molar-refractivity contribution in [3.63, 3.8) is 0 Å². The van der Waals surface area contributed by atoms with Crippen molar-refractivity contribution in [2.75, 3.05) is 19.3 Å². The number of aryl methyl sites for hydroxylation is 1. The zero-order valence-corrected chi connectivity index (χ0v) is 15.9. The van der Waals surface area contributed by atoms with E-state index in [0.29, 0.717) is 32.5 Å². The Kier molecular flexibility index (Phi) is 5.80. The Balaban J connectivity index is 1.55. The van der Waals surface area contributed by atoms with Gasteiger partial charge in [0.25, 0.3) is 0 Å². The molecule has 1 aliphatic carbocycles. The molecule has 0 unspecified atom stereocenters. The highest BCUT2D eigenvalue weighted by molar-refractivity contribution is 7.91.